The number of benzene rings is 2. The second kappa shape index (κ2) is 5.80. The van der Waals surface area contributed by atoms with Crippen LogP contribution in [0.5, 0.6) is 11.5 Å². The first kappa shape index (κ1) is 16.0. The fourth-order valence-electron chi connectivity index (χ4n) is 3.79. The lowest BCUT2D eigenvalue weighted by Gasteiger charge is -2.45. The van der Waals surface area contributed by atoms with Crippen molar-refractivity contribution in [1.82, 2.24) is 0 Å². The van der Waals surface area contributed by atoms with Gasteiger partial charge in [0, 0.05) is 30.6 Å². The summed E-state index contributed by atoms with van der Waals surface area (Å²) in [4.78, 5) is 6.99. The summed E-state index contributed by atoms with van der Waals surface area (Å²) >= 11 is 0. The van der Waals surface area contributed by atoms with Gasteiger partial charge in [0.15, 0.2) is 11.5 Å². The molecule has 130 valence electrons. The zero-order valence-corrected chi connectivity index (χ0v) is 15.2. The zero-order chi connectivity index (χ0) is 17.6. The van der Waals surface area contributed by atoms with E-state index in [0.29, 0.717) is 5.92 Å². The monoisotopic (exact) mass is 336 g/mol. The Balaban J connectivity index is 1.61. The second-order valence-electron chi connectivity index (χ2n) is 7.59. The van der Waals surface area contributed by atoms with E-state index < -0.39 is 0 Å². The second-order valence-corrected chi connectivity index (χ2v) is 7.59. The van der Waals surface area contributed by atoms with Gasteiger partial charge in [-0.15, -0.1) is 0 Å². The minimum Gasteiger partial charge on any atom is -0.454 e. The first-order valence-electron chi connectivity index (χ1n) is 8.75. The van der Waals surface area contributed by atoms with Gasteiger partial charge in [0.1, 0.15) is 0 Å². The van der Waals surface area contributed by atoms with Gasteiger partial charge in [-0.25, -0.2) is 0 Å². The third-order valence-corrected chi connectivity index (χ3v) is 5.38. The van der Waals surface area contributed by atoms with Gasteiger partial charge in [0.2, 0.25) is 6.79 Å². The molecule has 2 heterocycles. The van der Waals surface area contributed by atoms with Crippen molar-refractivity contribution in [2.45, 2.75) is 38.6 Å². The molecule has 0 spiro atoms. The van der Waals surface area contributed by atoms with Gasteiger partial charge in [-0.05, 0) is 61.6 Å². The molecule has 0 saturated carbocycles. The Morgan fingerprint density at radius 1 is 1.12 bits per heavy atom. The molecule has 2 aliphatic heterocycles. The van der Waals surface area contributed by atoms with E-state index in [4.69, 9.17) is 9.47 Å². The molecule has 2 aromatic rings. The van der Waals surface area contributed by atoms with Crippen molar-refractivity contribution < 1.29 is 9.47 Å². The molecule has 0 aliphatic carbocycles. The summed E-state index contributed by atoms with van der Waals surface area (Å²) in [5.41, 5.74) is 4.90. The van der Waals surface area contributed by atoms with Gasteiger partial charge in [-0.1, -0.05) is 13.0 Å². The molecule has 0 aromatic heterocycles. The molecule has 0 radical (unpaired) electrons. The number of nitrogens with zero attached hydrogens (tertiary/aromatic N) is 2. The smallest absolute Gasteiger partial charge is 0.231 e. The predicted octanol–water partition coefficient (Wildman–Crippen LogP) is 4.89. The standard InChI is InChI=1S/C21H24N2O2/c1-14-11-21(2,3)23(4)18-7-5-15(9-17(14)18)12-22-16-6-8-19-20(10-16)25-13-24-19/h5-10,12,14H,11,13H2,1-4H3. The largest absolute Gasteiger partial charge is 0.454 e. The van der Waals surface area contributed by atoms with Crippen LogP contribution in [-0.4, -0.2) is 25.6 Å². The summed E-state index contributed by atoms with van der Waals surface area (Å²) in [5, 5.41) is 0. The molecule has 4 heteroatoms. The lowest BCUT2D eigenvalue weighted by molar-refractivity contribution is 0.174. The van der Waals surface area contributed by atoms with Crippen molar-refractivity contribution in [3.8, 4) is 11.5 Å². The number of hydrogen-bond acceptors (Lipinski definition) is 4. The summed E-state index contributed by atoms with van der Waals surface area (Å²) in [5.74, 6) is 2.09. The molecular weight excluding hydrogens is 312 g/mol. The highest BCUT2D eigenvalue weighted by atomic mass is 16.7. The molecule has 0 saturated heterocycles. The van der Waals surface area contributed by atoms with Gasteiger partial charge in [-0.2, -0.15) is 0 Å². The van der Waals surface area contributed by atoms with Gasteiger partial charge in [-0.3, -0.25) is 4.99 Å². The van der Waals surface area contributed by atoms with E-state index in [-0.39, 0.29) is 12.3 Å². The average molecular weight is 336 g/mol. The fraction of sp³-hybridized carbons (Fsp3) is 0.381. The molecule has 0 N–H and O–H groups in total. The summed E-state index contributed by atoms with van der Waals surface area (Å²) in [6, 6.07) is 12.4. The maximum atomic E-state index is 5.41. The topological polar surface area (TPSA) is 34.1 Å². The van der Waals surface area contributed by atoms with E-state index in [9.17, 15) is 0 Å². The summed E-state index contributed by atoms with van der Waals surface area (Å²) in [6.07, 6.45) is 3.07. The molecule has 2 aliphatic rings. The third kappa shape index (κ3) is 2.86. The van der Waals surface area contributed by atoms with Crippen LogP contribution < -0.4 is 14.4 Å². The molecule has 1 atom stereocenters. The van der Waals surface area contributed by atoms with Crippen LogP contribution in [0.25, 0.3) is 0 Å². The molecule has 4 nitrogen and oxygen atoms in total. The number of anilines is 1. The van der Waals surface area contributed by atoms with Gasteiger partial charge in [0.25, 0.3) is 0 Å². The molecule has 4 rings (SSSR count). The first-order chi connectivity index (χ1) is 11.9. The highest BCUT2D eigenvalue weighted by Crippen LogP contribution is 2.42. The number of rotatable bonds is 2. The van der Waals surface area contributed by atoms with Crippen LogP contribution in [0.2, 0.25) is 0 Å². The fourth-order valence-corrected chi connectivity index (χ4v) is 3.79. The van der Waals surface area contributed by atoms with Gasteiger partial charge < -0.3 is 14.4 Å². The van der Waals surface area contributed by atoms with E-state index in [1.54, 1.807) is 0 Å². The highest BCUT2D eigenvalue weighted by molar-refractivity contribution is 5.84. The van der Waals surface area contributed by atoms with Crippen LogP contribution in [0.1, 0.15) is 44.2 Å². The minimum absolute atomic E-state index is 0.189. The molecule has 0 bridgehead atoms. The van der Waals surface area contributed by atoms with E-state index in [1.165, 1.54) is 11.3 Å². The van der Waals surface area contributed by atoms with Crippen LogP contribution in [0.15, 0.2) is 41.4 Å². The Bertz CT molecular complexity index is 842. The highest BCUT2D eigenvalue weighted by Gasteiger charge is 2.33. The normalized spacial score (nSPS) is 20.8. The lowest BCUT2D eigenvalue weighted by Crippen LogP contribution is -2.45. The van der Waals surface area contributed by atoms with Crippen molar-refractivity contribution in [3.63, 3.8) is 0 Å². The molecule has 0 amide bonds. The van der Waals surface area contributed by atoms with E-state index >= 15 is 0 Å². The average Bonchev–Trinajstić information content (AvgIpc) is 3.05. The minimum atomic E-state index is 0.189. The van der Waals surface area contributed by atoms with E-state index in [0.717, 1.165) is 29.2 Å². The SMILES string of the molecule is CC1CC(C)(C)N(C)c2ccc(C=Nc3ccc4c(c3)OCO4)cc21. The molecule has 25 heavy (non-hydrogen) atoms. The Hall–Kier alpha value is -2.49. The lowest BCUT2D eigenvalue weighted by atomic mass is 9.80. The summed E-state index contributed by atoms with van der Waals surface area (Å²) in [7, 11) is 2.19. The van der Waals surface area contributed by atoms with Crippen molar-refractivity contribution in [1.29, 1.82) is 0 Å². The first-order valence-corrected chi connectivity index (χ1v) is 8.75. The number of ether oxygens (including phenoxy) is 2. The Labute approximate surface area is 149 Å². The van der Waals surface area contributed by atoms with Crippen LogP contribution in [-0.2, 0) is 0 Å². The third-order valence-electron chi connectivity index (χ3n) is 5.38. The summed E-state index contributed by atoms with van der Waals surface area (Å²) in [6.45, 7) is 7.21. The van der Waals surface area contributed by atoms with E-state index in [2.05, 4.69) is 55.9 Å². The molecule has 0 fully saturated rings. The predicted molar refractivity (Wildman–Crippen MR) is 102 cm³/mol. The number of fused-ring (bicyclic) bond motifs is 2. The maximum absolute atomic E-state index is 5.41. The quantitative estimate of drug-likeness (QED) is 0.732. The Morgan fingerprint density at radius 2 is 1.92 bits per heavy atom. The van der Waals surface area contributed by atoms with Crippen LogP contribution in [0.4, 0.5) is 11.4 Å². The van der Waals surface area contributed by atoms with Crippen LogP contribution in [0, 0.1) is 0 Å². The van der Waals surface area contributed by atoms with E-state index in [1.807, 2.05) is 24.4 Å². The van der Waals surface area contributed by atoms with Crippen LogP contribution >= 0.6 is 0 Å². The van der Waals surface area contributed by atoms with Gasteiger partial charge in [0.05, 0.1) is 5.69 Å². The Kier molecular flexibility index (Phi) is 3.71. The van der Waals surface area contributed by atoms with Crippen LogP contribution in [0.3, 0.4) is 0 Å². The summed E-state index contributed by atoms with van der Waals surface area (Å²) < 4.78 is 10.7. The zero-order valence-electron chi connectivity index (χ0n) is 15.2. The number of aliphatic imine (C=N–C) groups is 1. The maximum Gasteiger partial charge on any atom is 0.231 e. The molecule has 2 aromatic carbocycles. The van der Waals surface area contributed by atoms with Gasteiger partial charge >= 0.3 is 0 Å². The van der Waals surface area contributed by atoms with Crippen molar-refractivity contribution in [2.75, 3.05) is 18.7 Å². The van der Waals surface area contributed by atoms with Crippen molar-refractivity contribution in [2.24, 2.45) is 4.99 Å². The molecular formula is C21H24N2O2. The molecule has 1 unspecified atom stereocenters. The Morgan fingerprint density at radius 3 is 2.76 bits per heavy atom. The number of hydrogen-bond donors (Lipinski definition) is 0. The van der Waals surface area contributed by atoms with Crippen molar-refractivity contribution >= 4 is 17.6 Å². The van der Waals surface area contributed by atoms with Crippen molar-refractivity contribution in [3.05, 3.63) is 47.5 Å².